The lowest BCUT2D eigenvalue weighted by atomic mass is 9.91. The second kappa shape index (κ2) is 8.84. The molecule has 0 radical (unpaired) electrons. The van der Waals surface area contributed by atoms with E-state index in [0.29, 0.717) is 12.0 Å². The van der Waals surface area contributed by atoms with Crippen molar-refractivity contribution in [2.75, 3.05) is 0 Å². The topological polar surface area (TPSA) is 69.7 Å². The van der Waals surface area contributed by atoms with Crippen LogP contribution in [0.15, 0.2) is 42.5 Å². The molecule has 0 aromatic heterocycles. The summed E-state index contributed by atoms with van der Waals surface area (Å²) in [6.07, 6.45) is 1.84. The molecule has 0 spiro atoms. The number of hydrogen-bond acceptors (Lipinski definition) is 5. The van der Waals surface area contributed by atoms with E-state index >= 15 is 0 Å². The summed E-state index contributed by atoms with van der Waals surface area (Å²) in [6.45, 7) is 1.78. The number of rotatable bonds is 8. The van der Waals surface area contributed by atoms with E-state index in [9.17, 15) is 23.2 Å². The van der Waals surface area contributed by atoms with Crippen molar-refractivity contribution in [1.82, 2.24) is 0 Å². The number of allylic oxidation sites excluding steroid dienone is 1. The Morgan fingerprint density at radius 1 is 1.28 bits per heavy atom. The Labute approximate surface area is 168 Å². The van der Waals surface area contributed by atoms with Gasteiger partial charge < -0.3 is 9.47 Å². The minimum atomic E-state index is -3.43. The molecule has 1 aromatic rings. The third-order valence-corrected chi connectivity index (χ3v) is 5.49. The fourth-order valence-corrected chi connectivity index (χ4v) is 3.91. The molecular formula is C22H24F2O5. The molecule has 0 unspecified atom stereocenters. The average molecular weight is 406 g/mol. The zero-order valence-corrected chi connectivity index (χ0v) is 16.2. The van der Waals surface area contributed by atoms with E-state index in [-0.39, 0.29) is 31.1 Å². The highest BCUT2D eigenvalue weighted by atomic mass is 19.3. The van der Waals surface area contributed by atoms with Crippen LogP contribution in [0.4, 0.5) is 8.78 Å². The van der Waals surface area contributed by atoms with Crippen LogP contribution < -0.4 is 0 Å². The molecule has 0 bridgehead atoms. The van der Waals surface area contributed by atoms with E-state index in [4.69, 9.17) is 9.47 Å². The van der Waals surface area contributed by atoms with Gasteiger partial charge in [-0.05, 0) is 24.6 Å². The number of alkyl halides is 2. The molecule has 1 aromatic carbocycles. The Morgan fingerprint density at radius 2 is 2.00 bits per heavy atom. The predicted octanol–water partition coefficient (Wildman–Crippen LogP) is 4.11. The fraction of sp³-hybridized carbons (Fsp3) is 0.500. The Kier molecular flexibility index (Phi) is 6.45. The normalized spacial score (nSPS) is 26.4. The monoisotopic (exact) mass is 406 g/mol. The molecular weight excluding hydrogens is 382 g/mol. The maximum absolute atomic E-state index is 14.0. The number of unbranched alkanes of at least 4 members (excludes halogenated alkanes) is 1. The van der Waals surface area contributed by atoms with Gasteiger partial charge in [0.25, 0.3) is 0 Å². The van der Waals surface area contributed by atoms with Crippen molar-refractivity contribution in [3.8, 4) is 0 Å². The molecule has 2 fully saturated rings. The molecule has 5 nitrogen and oxygen atoms in total. The number of esters is 2. The molecule has 2 aliphatic rings. The van der Waals surface area contributed by atoms with Crippen LogP contribution in [-0.2, 0) is 19.1 Å². The third kappa shape index (κ3) is 4.89. The van der Waals surface area contributed by atoms with Gasteiger partial charge in [-0.2, -0.15) is 8.78 Å². The summed E-state index contributed by atoms with van der Waals surface area (Å²) in [4.78, 5) is 36.0. The summed E-state index contributed by atoms with van der Waals surface area (Å²) in [7, 11) is 0. The SMILES string of the molecule is CCCCC(F)(F)C(=O)C=C[C@@H]1[C@@H]2CC(=O)O[C@@H]2C[C@H]1OC(=O)c1ccccc1. The van der Waals surface area contributed by atoms with Crippen molar-refractivity contribution >= 4 is 17.7 Å². The van der Waals surface area contributed by atoms with Crippen molar-refractivity contribution in [3.63, 3.8) is 0 Å². The van der Waals surface area contributed by atoms with E-state index < -0.39 is 42.2 Å². The first-order valence-corrected chi connectivity index (χ1v) is 9.87. The van der Waals surface area contributed by atoms with Crippen molar-refractivity contribution in [2.45, 2.75) is 57.2 Å². The van der Waals surface area contributed by atoms with Gasteiger partial charge in [0.1, 0.15) is 12.2 Å². The Morgan fingerprint density at radius 3 is 2.69 bits per heavy atom. The van der Waals surface area contributed by atoms with Gasteiger partial charge in [-0.1, -0.05) is 37.6 Å². The molecule has 3 rings (SSSR count). The van der Waals surface area contributed by atoms with E-state index in [1.807, 2.05) is 0 Å². The zero-order valence-electron chi connectivity index (χ0n) is 16.2. The minimum absolute atomic E-state index is 0.111. The van der Waals surface area contributed by atoms with E-state index in [2.05, 4.69) is 0 Å². The number of carbonyl (C=O) groups excluding carboxylic acids is 3. The molecule has 0 amide bonds. The molecule has 7 heteroatoms. The van der Waals surface area contributed by atoms with E-state index in [1.165, 1.54) is 6.08 Å². The standard InChI is InChI=1S/C22H24F2O5/c1-2-3-11-22(23,24)19(25)10-9-15-16-12-20(26)28-18(16)13-17(15)29-21(27)14-7-5-4-6-8-14/h4-10,15-18H,2-3,11-13H2,1H3/t15-,16+,17-,18-/m1/s1. The first-order chi connectivity index (χ1) is 13.8. The summed E-state index contributed by atoms with van der Waals surface area (Å²) in [6, 6.07) is 8.40. The third-order valence-electron chi connectivity index (χ3n) is 5.49. The number of carbonyl (C=O) groups is 3. The van der Waals surface area contributed by atoms with Gasteiger partial charge >= 0.3 is 17.9 Å². The van der Waals surface area contributed by atoms with Crippen LogP contribution >= 0.6 is 0 Å². The van der Waals surface area contributed by atoms with Crippen molar-refractivity contribution in [3.05, 3.63) is 48.0 Å². The van der Waals surface area contributed by atoms with Crippen molar-refractivity contribution in [2.24, 2.45) is 11.8 Å². The van der Waals surface area contributed by atoms with Gasteiger partial charge in [-0.25, -0.2) is 4.79 Å². The van der Waals surface area contributed by atoms with E-state index in [0.717, 1.165) is 6.08 Å². The van der Waals surface area contributed by atoms with Gasteiger partial charge in [0, 0.05) is 24.7 Å². The molecule has 1 heterocycles. The van der Waals surface area contributed by atoms with Crippen LogP contribution in [0, 0.1) is 11.8 Å². The molecule has 0 N–H and O–H groups in total. The van der Waals surface area contributed by atoms with Crippen LogP contribution in [0.3, 0.4) is 0 Å². The number of halogens is 2. The number of hydrogen-bond donors (Lipinski definition) is 0. The van der Waals surface area contributed by atoms with Crippen LogP contribution in [-0.4, -0.2) is 35.9 Å². The average Bonchev–Trinajstić information content (AvgIpc) is 3.20. The van der Waals surface area contributed by atoms with Crippen LogP contribution in [0.25, 0.3) is 0 Å². The highest BCUT2D eigenvalue weighted by Gasteiger charge is 2.51. The number of ketones is 1. The Bertz CT molecular complexity index is 790. The maximum Gasteiger partial charge on any atom is 0.338 e. The largest absolute Gasteiger partial charge is 0.462 e. The first kappa shape index (κ1) is 21.1. The maximum atomic E-state index is 14.0. The Balaban J connectivity index is 1.74. The molecule has 1 aliphatic carbocycles. The predicted molar refractivity (Wildman–Crippen MR) is 100 cm³/mol. The lowest BCUT2D eigenvalue weighted by Crippen LogP contribution is -2.28. The van der Waals surface area contributed by atoms with Gasteiger partial charge in [-0.3, -0.25) is 9.59 Å². The lowest BCUT2D eigenvalue weighted by molar-refractivity contribution is -0.142. The summed E-state index contributed by atoms with van der Waals surface area (Å²) < 4.78 is 38.8. The molecule has 4 atom stereocenters. The highest BCUT2D eigenvalue weighted by molar-refractivity contribution is 5.95. The lowest BCUT2D eigenvalue weighted by Gasteiger charge is -2.20. The number of fused-ring (bicyclic) bond motifs is 1. The summed E-state index contributed by atoms with van der Waals surface area (Å²) in [5.41, 5.74) is 0.367. The molecule has 1 saturated carbocycles. The quantitative estimate of drug-likeness (QED) is 0.480. The van der Waals surface area contributed by atoms with Gasteiger partial charge in [0.05, 0.1) is 12.0 Å². The fourth-order valence-electron chi connectivity index (χ4n) is 3.91. The summed E-state index contributed by atoms with van der Waals surface area (Å²) in [5, 5.41) is 0. The summed E-state index contributed by atoms with van der Waals surface area (Å²) in [5.74, 6) is -6.45. The number of ether oxygens (including phenoxy) is 2. The first-order valence-electron chi connectivity index (χ1n) is 9.87. The molecule has 1 saturated heterocycles. The van der Waals surface area contributed by atoms with Crippen LogP contribution in [0.2, 0.25) is 0 Å². The van der Waals surface area contributed by atoms with Crippen molar-refractivity contribution in [1.29, 1.82) is 0 Å². The van der Waals surface area contributed by atoms with Gasteiger partial charge in [-0.15, -0.1) is 0 Å². The second-order valence-electron chi connectivity index (χ2n) is 7.55. The second-order valence-corrected chi connectivity index (χ2v) is 7.55. The molecule has 1 aliphatic heterocycles. The number of benzene rings is 1. The highest BCUT2D eigenvalue weighted by Crippen LogP contribution is 2.43. The van der Waals surface area contributed by atoms with Crippen LogP contribution in [0.1, 0.15) is 49.4 Å². The smallest absolute Gasteiger partial charge is 0.338 e. The Hall–Kier alpha value is -2.57. The van der Waals surface area contributed by atoms with E-state index in [1.54, 1.807) is 37.3 Å². The van der Waals surface area contributed by atoms with Gasteiger partial charge in [0.15, 0.2) is 0 Å². The summed E-state index contributed by atoms with van der Waals surface area (Å²) >= 11 is 0. The van der Waals surface area contributed by atoms with Crippen molar-refractivity contribution < 1.29 is 32.6 Å². The van der Waals surface area contributed by atoms with Gasteiger partial charge in [0.2, 0.25) is 5.78 Å². The molecule has 29 heavy (non-hydrogen) atoms. The minimum Gasteiger partial charge on any atom is -0.462 e. The van der Waals surface area contributed by atoms with Crippen LogP contribution in [0.5, 0.6) is 0 Å². The zero-order chi connectivity index (χ0) is 21.0. The molecule has 156 valence electrons.